The number of amides is 1. The van der Waals surface area contributed by atoms with E-state index in [0.717, 1.165) is 0 Å². The number of carbonyl (C=O) groups excluding carboxylic acids is 1. The van der Waals surface area contributed by atoms with E-state index in [1.165, 1.54) is 20.4 Å². The van der Waals surface area contributed by atoms with E-state index < -0.39 is 5.91 Å². The van der Waals surface area contributed by atoms with Crippen LogP contribution in [-0.2, 0) is 0 Å². The molecular weight excluding hydrogens is 236 g/mol. The Kier molecular flexibility index (Phi) is 3.29. The van der Waals surface area contributed by atoms with Gasteiger partial charge in [-0.15, -0.1) is 0 Å². The van der Waals surface area contributed by atoms with Gasteiger partial charge in [0, 0.05) is 23.0 Å². The maximum atomic E-state index is 11.5. The molecule has 1 aromatic heterocycles. The van der Waals surface area contributed by atoms with Crippen molar-refractivity contribution in [1.29, 1.82) is 0 Å². The molecule has 94 valence electrons. The van der Waals surface area contributed by atoms with Crippen LogP contribution >= 0.6 is 0 Å². The second kappa shape index (κ2) is 4.89. The second-order valence-electron chi connectivity index (χ2n) is 3.53. The van der Waals surface area contributed by atoms with E-state index in [4.69, 9.17) is 14.7 Å². The predicted molar refractivity (Wildman–Crippen MR) is 64.1 cm³/mol. The number of rotatable bonds is 3. The van der Waals surface area contributed by atoms with Gasteiger partial charge in [0.25, 0.3) is 5.91 Å². The predicted octanol–water partition coefficient (Wildman–Crippen LogP) is 1.37. The standard InChI is InChI=1S/C12H12N2O4/c1-17-7-5-9-8(10(6-7)18-2)3-4-13-11(9)12(15)14-16/h3-6,16H,1-2H3,(H,14,15). The van der Waals surface area contributed by atoms with Gasteiger partial charge >= 0.3 is 0 Å². The number of carbonyl (C=O) groups is 1. The minimum absolute atomic E-state index is 0.104. The number of hydroxylamine groups is 1. The van der Waals surface area contributed by atoms with Gasteiger partial charge in [-0.25, -0.2) is 5.48 Å². The summed E-state index contributed by atoms with van der Waals surface area (Å²) < 4.78 is 10.4. The van der Waals surface area contributed by atoms with E-state index in [9.17, 15) is 4.79 Å². The maximum absolute atomic E-state index is 11.5. The van der Waals surface area contributed by atoms with Gasteiger partial charge in [0.15, 0.2) is 0 Å². The molecule has 1 aromatic carbocycles. The maximum Gasteiger partial charge on any atom is 0.293 e. The Bertz CT molecular complexity index is 598. The summed E-state index contributed by atoms with van der Waals surface area (Å²) in [5.74, 6) is 0.425. The third kappa shape index (κ3) is 1.93. The normalized spacial score (nSPS) is 10.2. The van der Waals surface area contributed by atoms with E-state index in [2.05, 4.69) is 4.98 Å². The largest absolute Gasteiger partial charge is 0.497 e. The summed E-state index contributed by atoms with van der Waals surface area (Å²) >= 11 is 0. The van der Waals surface area contributed by atoms with E-state index in [0.29, 0.717) is 22.3 Å². The molecule has 0 saturated carbocycles. The zero-order valence-electron chi connectivity index (χ0n) is 9.93. The summed E-state index contributed by atoms with van der Waals surface area (Å²) in [6.45, 7) is 0. The molecule has 1 heterocycles. The van der Waals surface area contributed by atoms with Crippen LogP contribution in [0.25, 0.3) is 10.8 Å². The Morgan fingerprint density at radius 1 is 1.28 bits per heavy atom. The first-order chi connectivity index (χ1) is 8.71. The quantitative estimate of drug-likeness (QED) is 0.633. The highest BCUT2D eigenvalue weighted by Gasteiger charge is 2.14. The van der Waals surface area contributed by atoms with E-state index in [1.807, 2.05) is 0 Å². The number of nitrogens with one attached hydrogen (secondary N) is 1. The fraction of sp³-hybridized carbons (Fsp3) is 0.167. The molecule has 1 amide bonds. The third-order valence-electron chi connectivity index (χ3n) is 2.59. The molecule has 0 unspecified atom stereocenters. The summed E-state index contributed by atoms with van der Waals surface area (Å²) in [6.07, 6.45) is 1.47. The molecule has 0 spiro atoms. The van der Waals surface area contributed by atoms with Crippen molar-refractivity contribution in [2.75, 3.05) is 14.2 Å². The van der Waals surface area contributed by atoms with Crippen LogP contribution < -0.4 is 15.0 Å². The van der Waals surface area contributed by atoms with Crippen molar-refractivity contribution < 1.29 is 19.5 Å². The molecule has 0 saturated heterocycles. The molecule has 0 bridgehead atoms. The molecular formula is C12H12N2O4. The highest BCUT2D eigenvalue weighted by molar-refractivity contribution is 6.06. The number of ether oxygens (including phenoxy) is 2. The fourth-order valence-electron chi connectivity index (χ4n) is 1.75. The number of methoxy groups -OCH3 is 2. The minimum Gasteiger partial charge on any atom is -0.497 e. The van der Waals surface area contributed by atoms with Gasteiger partial charge in [-0.1, -0.05) is 0 Å². The van der Waals surface area contributed by atoms with Crippen LogP contribution in [0.5, 0.6) is 11.5 Å². The number of benzene rings is 1. The SMILES string of the molecule is COc1cc(OC)c2ccnc(C(=O)NO)c2c1. The van der Waals surface area contributed by atoms with E-state index in [-0.39, 0.29) is 5.69 Å². The molecule has 0 aliphatic heterocycles. The smallest absolute Gasteiger partial charge is 0.293 e. The lowest BCUT2D eigenvalue weighted by Crippen LogP contribution is -2.20. The van der Waals surface area contributed by atoms with E-state index in [1.54, 1.807) is 23.7 Å². The Morgan fingerprint density at radius 2 is 2.06 bits per heavy atom. The van der Waals surface area contributed by atoms with Crippen LogP contribution in [0.3, 0.4) is 0 Å². The molecule has 2 aromatic rings. The van der Waals surface area contributed by atoms with Crippen molar-refractivity contribution in [3.8, 4) is 11.5 Å². The van der Waals surface area contributed by atoms with Gasteiger partial charge in [-0.05, 0) is 12.1 Å². The second-order valence-corrected chi connectivity index (χ2v) is 3.53. The average Bonchev–Trinajstić information content (AvgIpc) is 2.44. The molecule has 2 rings (SSSR count). The summed E-state index contributed by atoms with van der Waals surface area (Å²) in [7, 11) is 3.04. The average molecular weight is 248 g/mol. The van der Waals surface area contributed by atoms with Gasteiger partial charge in [-0.2, -0.15) is 0 Å². The van der Waals surface area contributed by atoms with Gasteiger partial charge < -0.3 is 9.47 Å². The Balaban J connectivity index is 2.78. The first-order valence-electron chi connectivity index (χ1n) is 5.16. The number of pyridine rings is 1. The zero-order valence-corrected chi connectivity index (χ0v) is 9.93. The fourth-order valence-corrected chi connectivity index (χ4v) is 1.75. The highest BCUT2D eigenvalue weighted by Crippen LogP contribution is 2.32. The van der Waals surface area contributed by atoms with Gasteiger partial charge in [-0.3, -0.25) is 15.0 Å². The van der Waals surface area contributed by atoms with Gasteiger partial charge in [0.05, 0.1) is 14.2 Å². The van der Waals surface area contributed by atoms with Crippen molar-refractivity contribution in [2.45, 2.75) is 0 Å². The number of nitrogens with zero attached hydrogens (tertiary/aromatic N) is 1. The van der Waals surface area contributed by atoms with Crippen LogP contribution in [0.4, 0.5) is 0 Å². The molecule has 0 aliphatic rings. The molecule has 6 nitrogen and oxygen atoms in total. The Labute approximate surface area is 103 Å². The van der Waals surface area contributed by atoms with Crippen LogP contribution in [0, 0.1) is 0 Å². The molecule has 0 atom stereocenters. The Hall–Kier alpha value is -2.34. The summed E-state index contributed by atoms with van der Waals surface area (Å²) in [5, 5.41) is 9.96. The summed E-state index contributed by atoms with van der Waals surface area (Å²) in [4.78, 5) is 15.5. The summed E-state index contributed by atoms with van der Waals surface area (Å²) in [6, 6.07) is 5.10. The highest BCUT2D eigenvalue weighted by atomic mass is 16.5. The van der Waals surface area contributed by atoms with Crippen molar-refractivity contribution in [3.63, 3.8) is 0 Å². The van der Waals surface area contributed by atoms with Crippen molar-refractivity contribution in [2.24, 2.45) is 0 Å². The lowest BCUT2D eigenvalue weighted by Gasteiger charge is -2.10. The molecule has 18 heavy (non-hydrogen) atoms. The van der Waals surface area contributed by atoms with Crippen molar-refractivity contribution >= 4 is 16.7 Å². The van der Waals surface area contributed by atoms with Crippen LogP contribution in [-0.4, -0.2) is 30.3 Å². The third-order valence-corrected chi connectivity index (χ3v) is 2.59. The molecule has 0 fully saturated rings. The first-order valence-corrected chi connectivity index (χ1v) is 5.16. The minimum atomic E-state index is -0.684. The van der Waals surface area contributed by atoms with Crippen LogP contribution in [0.15, 0.2) is 24.4 Å². The summed E-state index contributed by atoms with van der Waals surface area (Å²) in [5.41, 5.74) is 1.67. The van der Waals surface area contributed by atoms with Crippen molar-refractivity contribution in [1.82, 2.24) is 10.5 Å². The molecule has 2 N–H and O–H groups in total. The van der Waals surface area contributed by atoms with E-state index >= 15 is 0 Å². The van der Waals surface area contributed by atoms with Crippen LogP contribution in [0.2, 0.25) is 0 Å². The topological polar surface area (TPSA) is 80.7 Å². The zero-order chi connectivity index (χ0) is 13.1. The monoisotopic (exact) mass is 248 g/mol. The number of aromatic nitrogens is 1. The lowest BCUT2D eigenvalue weighted by molar-refractivity contribution is 0.0703. The number of hydrogen-bond acceptors (Lipinski definition) is 5. The Morgan fingerprint density at radius 3 is 2.67 bits per heavy atom. The first kappa shape index (κ1) is 12.1. The number of fused-ring (bicyclic) bond motifs is 1. The molecule has 6 heteroatoms. The van der Waals surface area contributed by atoms with Crippen molar-refractivity contribution in [3.05, 3.63) is 30.1 Å². The molecule has 0 radical (unpaired) electrons. The van der Waals surface area contributed by atoms with Crippen LogP contribution in [0.1, 0.15) is 10.5 Å². The van der Waals surface area contributed by atoms with Gasteiger partial charge in [0.1, 0.15) is 17.2 Å². The number of hydrogen-bond donors (Lipinski definition) is 2. The molecule has 0 aliphatic carbocycles. The van der Waals surface area contributed by atoms with Gasteiger partial charge in [0.2, 0.25) is 0 Å². The lowest BCUT2D eigenvalue weighted by atomic mass is 10.1.